The van der Waals surface area contributed by atoms with E-state index in [-0.39, 0.29) is 18.4 Å². The molecular weight excluding hydrogens is 468 g/mol. The molecule has 0 radical (unpaired) electrons. The van der Waals surface area contributed by atoms with E-state index in [1.54, 1.807) is 63.2 Å². The van der Waals surface area contributed by atoms with Gasteiger partial charge in [-0.05, 0) is 43.2 Å². The number of nitro benzene ring substituents is 1. The van der Waals surface area contributed by atoms with Gasteiger partial charge in [-0.3, -0.25) is 19.7 Å². The zero-order valence-electron chi connectivity index (χ0n) is 19.8. The second-order valence-electron chi connectivity index (χ2n) is 8.46. The first kappa shape index (κ1) is 24.5. The van der Waals surface area contributed by atoms with E-state index in [1.807, 2.05) is 0 Å². The van der Waals surface area contributed by atoms with Crippen molar-refractivity contribution in [2.24, 2.45) is 11.0 Å². The van der Waals surface area contributed by atoms with Crippen LogP contribution in [-0.2, 0) is 4.79 Å². The van der Waals surface area contributed by atoms with Gasteiger partial charge in [-0.1, -0.05) is 26.0 Å². The highest BCUT2D eigenvalue weighted by molar-refractivity contribution is 5.98. The second kappa shape index (κ2) is 10.3. The molecule has 0 unspecified atom stereocenters. The summed E-state index contributed by atoms with van der Waals surface area (Å²) in [6, 6.07) is 12.0. The van der Waals surface area contributed by atoms with Gasteiger partial charge in [0.25, 0.3) is 17.5 Å². The fourth-order valence-corrected chi connectivity index (χ4v) is 3.56. The molecule has 0 aliphatic carbocycles. The summed E-state index contributed by atoms with van der Waals surface area (Å²) in [4.78, 5) is 36.1. The lowest BCUT2D eigenvalue weighted by molar-refractivity contribution is -0.385. The number of aryl methyl sites for hydroxylation is 1. The minimum absolute atomic E-state index is 0.00565. The molecule has 2 amide bonds. The predicted octanol–water partition coefficient (Wildman–Crippen LogP) is 3.80. The van der Waals surface area contributed by atoms with E-state index in [0.717, 1.165) is 0 Å². The van der Waals surface area contributed by atoms with Crippen molar-refractivity contribution in [2.75, 3.05) is 6.79 Å². The highest BCUT2D eigenvalue weighted by Crippen LogP contribution is 2.32. The molecule has 0 bridgehead atoms. The topological polar surface area (TPSA) is 145 Å². The third-order valence-corrected chi connectivity index (χ3v) is 5.55. The molecule has 0 spiro atoms. The monoisotopic (exact) mass is 492 g/mol. The Kier molecular flexibility index (Phi) is 7.00. The molecule has 2 aromatic carbocycles. The van der Waals surface area contributed by atoms with Crippen molar-refractivity contribution in [1.82, 2.24) is 10.7 Å². The molecular formula is C25H24N4O7. The summed E-state index contributed by atoms with van der Waals surface area (Å²) in [6.07, 6.45) is 1.31. The van der Waals surface area contributed by atoms with Crippen LogP contribution in [0.4, 0.5) is 5.69 Å². The quantitative estimate of drug-likeness (QED) is 0.276. The normalized spacial score (nSPS) is 13.1. The lowest BCUT2D eigenvalue weighted by atomic mass is 10.0. The number of carbonyl (C=O) groups excluding carboxylic acids is 2. The molecule has 36 heavy (non-hydrogen) atoms. The van der Waals surface area contributed by atoms with Crippen molar-refractivity contribution in [3.05, 3.63) is 75.5 Å². The van der Waals surface area contributed by atoms with E-state index >= 15 is 0 Å². The largest absolute Gasteiger partial charge is 0.455 e. The summed E-state index contributed by atoms with van der Waals surface area (Å²) in [5.74, 6) is 0.619. The van der Waals surface area contributed by atoms with E-state index in [9.17, 15) is 19.7 Å². The maximum atomic E-state index is 12.7. The lowest BCUT2D eigenvalue weighted by Crippen LogP contribution is -2.48. The van der Waals surface area contributed by atoms with Crippen molar-refractivity contribution in [3.8, 4) is 22.8 Å². The van der Waals surface area contributed by atoms with E-state index in [4.69, 9.17) is 13.9 Å². The van der Waals surface area contributed by atoms with Crippen LogP contribution >= 0.6 is 0 Å². The van der Waals surface area contributed by atoms with Crippen LogP contribution in [0, 0.1) is 23.0 Å². The Morgan fingerprint density at radius 2 is 1.86 bits per heavy atom. The number of nitrogens with zero attached hydrogens (tertiary/aromatic N) is 2. The molecule has 1 atom stereocenters. The molecule has 2 N–H and O–H groups in total. The Morgan fingerprint density at radius 1 is 1.08 bits per heavy atom. The highest BCUT2D eigenvalue weighted by Gasteiger charge is 2.25. The van der Waals surface area contributed by atoms with Gasteiger partial charge in [-0.2, -0.15) is 5.10 Å². The summed E-state index contributed by atoms with van der Waals surface area (Å²) < 4.78 is 16.2. The van der Waals surface area contributed by atoms with Crippen LogP contribution in [0.5, 0.6) is 11.5 Å². The lowest BCUT2D eigenvalue weighted by Gasteiger charge is -2.20. The Labute approximate surface area is 206 Å². The smallest absolute Gasteiger partial charge is 0.273 e. The Morgan fingerprint density at radius 3 is 2.61 bits per heavy atom. The molecule has 11 nitrogen and oxygen atoms in total. The van der Waals surface area contributed by atoms with Crippen LogP contribution in [0.3, 0.4) is 0 Å². The first-order valence-corrected chi connectivity index (χ1v) is 11.1. The van der Waals surface area contributed by atoms with Crippen molar-refractivity contribution >= 4 is 23.7 Å². The zero-order valence-corrected chi connectivity index (χ0v) is 19.8. The van der Waals surface area contributed by atoms with Crippen molar-refractivity contribution in [3.63, 3.8) is 0 Å². The van der Waals surface area contributed by atoms with E-state index in [0.29, 0.717) is 39.7 Å². The molecule has 11 heteroatoms. The Balaban J connectivity index is 1.39. The minimum Gasteiger partial charge on any atom is -0.455 e. The van der Waals surface area contributed by atoms with E-state index < -0.39 is 22.8 Å². The Bertz CT molecular complexity index is 1350. The van der Waals surface area contributed by atoms with E-state index in [2.05, 4.69) is 15.8 Å². The van der Waals surface area contributed by atoms with Gasteiger partial charge in [0.05, 0.1) is 11.1 Å². The Hall–Kier alpha value is -4.67. The number of fused-ring (bicyclic) bond motifs is 1. The van der Waals surface area contributed by atoms with Crippen LogP contribution < -0.4 is 20.2 Å². The maximum Gasteiger partial charge on any atom is 0.273 e. The average Bonchev–Trinajstić information content (AvgIpc) is 3.51. The van der Waals surface area contributed by atoms with Crippen molar-refractivity contribution in [1.29, 1.82) is 0 Å². The van der Waals surface area contributed by atoms with Crippen LogP contribution in [0.1, 0.15) is 35.5 Å². The van der Waals surface area contributed by atoms with Crippen LogP contribution in [-0.4, -0.2) is 35.8 Å². The molecule has 1 aliphatic rings. The van der Waals surface area contributed by atoms with Crippen LogP contribution in [0.25, 0.3) is 11.3 Å². The summed E-state index contributed by atoms with van der Waals surface area (Å²) in [7, 11) is 0. The number of hydrogen-bond acceptors (Lipinski definition) is 8. The van der Waals surface area contributed by atoms with Crippen LogP contribution in [0.15, 0.2) is 58.0 Å². The summed E-state index contributed by atoms with van der Waals surface area (Å²) in [5.41, 5.74) is 3.83. The van der Waals surface area contributed by atoms with Crippen molar-refractivity contribution in [2.45, 2.75) is 26.8 Å². The summed E-state index contributed by atoms with van der Waals surface area (Å²) in [5, 5.41) is 17.8. The van der Waals surface area contributed by atoms with Gasteiger partial charge >= 0.3 is 0 Å². The molecule has 0 saturated carbocycles. The van der Waals surface area contributed by atoms with Gasteiger partial charge in [0, 0.05) is 22.8 Å². The molecule has 3 aromatic rings. The average molecular weight is 492 g/mol. The molecule has 1 aromatic heterocycles. The molecule has 4 rings (SSSR count). The van der Waals surface area contributed by atoms with Gasteiger partial charge in [0.1, 0.15) is 17.6 Å². The third kappa shape index (κ3) is 5.35. The number of furan rings is 1. The third-order valence-electron chi connectivity index (χ3n) is 5.55. The predicted molar refractivity (Wildman–Crippen MR) is 130 cm³/mol. The fourth-order valence-electron chi connectivity index (χ4n) is 3.56. The first-order chi connectivity index (χ1) is 17.2. The SMILES string of the molecule is Cc1ccc(-c2ccc(/C=N/NC(=O)[C@@H](NC(=O)c3ccc4c(c3)OCO4)C(C)C)o2)cc1[N+](=O)[O-]. The molecule has 0 fully saturated rings. The second-order valence-corrected chi connectivity index (χ2v) is 8.46. The minimum atomic E-state index is -0.847. The highest BCUT2D eigenvalue weighted by atomic mass is 16.7. The van der Waals surface area contributed by atoms with Gasteiger partial charge in [-0.15, -0.1) is 0 Å². The maximum absolute atomic E-state index is 12.7. The number of hydrazone groups is 1. The van der Waals surface area contributed by atoms with Gasteiger partial charge in [0.15, 0.2) is 11.5 Å². The van der Waals surface area contributed by atoms with Gasteiger partial charge in [0.2, 0.25) is 6.79 Å². The number of rotatable bonds is 8. The van der Waals surface area contributed by atoms with Crippen molar-refractivity contribution < 1.29 is 28.4 Å². The number of nitro groups is 1. The number of carbonyl (C=O) groups is 2. The number of benzene rings is 2. The molecule has 1 aliphatic heterocycles. The summed E-state index contributed by atoms with van der Waals surface area (Å²) in [6.45, 7) is 5.35. The fraction of sp³-hybridized carbons (Fsp3) is 0.240. The molecule has 0 saturated heterocycles. The molecule has 186 valence electrons. The zero-order chi connectivity index (χ0) is 25.8. The number of nitrogens with one attached hydrogen (secondary N) is 2. The van der Waals surface area contributed by atoms with Crippen LogP contribution in [0.2, 0.25) is 0 Å². The number of hydrogen-bond donors (Lipinski definition) is 2. The standard InChI is InChI=1S/C25H24N4O7/c1-14(2)23(27-24(30)17-6-8-21-22(11-17)35-13-34-21)25(31)28-26-12-18-7-9-20(36-18)16-5-4-15(3)19(10-16)29(32)33/h4-12,14,23H,13H2,1-3H3,(H,27,30)(H,28,31)/b26-12+/t23-/m0/s1. The van der Waals surface area contributed by atoms with E-state index in [1.165, 1.54) is 12.3 Å². The first-order valence-electron chi connectivity index (χ1n) is 11.1. The number of ether oxygens (including phenoxy) is 2. The van der Waals surface area contributed by atoms with Gasteiger partial charge < -0.3 is 19.2 Å². The van der Waals surface area contributed by atoms with Gasteiger partial charge in [-0.25, -0.2) is 5.43 Å². The molecule has 2 heterocycles. The number of amides is 2. The summed E-state index contributed by atoms with van der Waals surface area (Å²) >= 11 is 0.